The highest BCUT2D eigenvalue weighted by atomic mass is 32.2. The minimum Gasteiger partial charge on any atom is -0.370 e. The van der Waals surface area contributed by atoms with Gasteiger partial charge in [0.05, 0.1) is 5.75 Å². The van der Waals surface area contributed by atoms with Gasteiger partial charge in [0.1, 0.15) is 9.84 Å². The maximum absolute atomic E-state index is 10.8. The third-order valence-electron chi connectivity index (χ3n) is 1.91. The third kappa shape index (κ3) is 9.68. The van der Waals surface area contributed by atoms with Crippen LogP contribution in [-0.2, 0) is 14.6 Å². The molecule has 0 aliphatic rings. The summed E-state index contributed by atoms with van der Waals surface area (Å²) in [6.45, 7) is 4.28. The molecule has 90 valence electrons. The molecule has 0 aromatic rings. The summed E-state index contributed by atoms with van der Waals surface area (Å²) in [5.74, 6) is -0.206. The smallest absolute Gasteiger partial charge is 0.219 e. The van der Waals surface area contributed by atoms with Crippen molar-refractivity contribution in [1.82, 2.24) is 5.32 Å². The SMILES string of the molecule is CC(C)(CC(N)=O)NCCCS(C)(=O)=O. The van der Waals surface area contributed by atoms with E-state index in [1.807, 2.05) is 13.8 Å². The number of carbonyl (C=O) groups excluding carboxylic acids is 1. The fourth-order valence-corrected chi connectivity index (χ4v) is 1.93. The Labute approximate surface area is 91.3 Å². The summed E-state index contributed by atoms with van der Waals surface area (Å²) in [5, 5.41) is 3.10. The molecular weight excluding hydrogens is 216 g/mol. The molecule has 0 rings (SSSR count). The van der Waals surface area contributed by atoms with Crippen LogP contribution in [0.4, 0.5) is 0 Å². The number of amides is 1. The summed E-state index contributed by atoms with van der Waals surface area (Å²) in [6, 6.07) is 0. The predicted octanol–water partition coefficient (Wildman–Crippen LogP) is -0.335. The fourth-order valence-electron chi connectivity index (χ4n) is 1.26. The first kappa shape index (κ1) is 14.4. The van der Waals surface area contributed by atoms with Gasteiger partial charge >= 0.3 is 0 Å². The fraction of sp³-hybridized carbons (Fsp3) is 0.889. The Hall–Kier alpha value is -0.620. The maximum atomic E-state index is 10.8. The lowest BCUT2D eigenvalue weighted by atomic mass is 10.0. The van der Waals surface area contributed by atoms with E-state index in [-0.39, 0.29) is 23.6 Å². The van der Waals surface area contributed by atoms with E-state index in [1.165, 1.54) is 6.26 Å². The molecule has 0 radical (unpaired) electrons. The van der Waals surface area contributed by atoms with Crippen LogP contribution in [0.15, 0.2) is 0 Å². The molecule has 1 amide bonds. The van der Waals surface area contributed by atoms with Gasteiger partial charge in [-0.15, -0.1) is 0 Å². The van der Waals surface area contributed by atoms with Gasteiger partial charge in [-0.05, 0) is 26.8 Å². The molecular formula is C9H20N2O3S. The van der Waals surface area contributed by atoms with Crippen molar-refractivity contribution in [3.63, 3.8) is 0 Å². The lowest BCUT2D eigenvalue weighted by Crippen LogP contribution is -2.43. The Morgan fingerprint density at radius 3 is 2.33 bits per heavy atom. The van der Waals surface area contributed by atoms with Crippen molar-refractivity contribution in [2.75, 3.05) is 18.6 Å². The van der Waals surface area contributed by atoms with E-state index in [4.69, 9.17) is 5.73 Å². The number of nitrogens with one attached hydrogen (secondary N) is 1. The van der Waals surface area contributed by atoms with Crippen LogP contribution in [-0.4, -0.2) is 38.4 Å². The molecule has 3 N–H and O–H groups in total. The van der Waals surface area contributed by atoms with Gasteiger partial charge in [0, 0.05) is 18.2 Å². The van der Waals surface area contributed by atoms with Crippen LogP contribution in [0, 0.1) is 0 Å². The first-order valence-electron chi connectivity index (χ1n) is 4.83. The number of nitrogens with two attached hydrogens (primary N) is 1. The second kappa shape index (κ2) is 5.46. The highest BCUT2D eigenvalue weighted by Crippen LogP contribution is 2.07. The van der Waals surface area contributed by atoms with Gasteiger partial charge in [-0.1, -0.05) is 0 Å². The van der Waals surface area contributed by atoms with Gasteiger partial charge < -0.3 is 11.1 Å². The zero-order valence-corrected chi connectivity index (χ0v) is 10.4. The molecule has 0 aliphatic heterocycles. The van der Waals surface area contributed by atoms with Crippen LogP contribution >= 0.6 is 0 Å². The van der Waals surface area contributed by atoms with Crippen molar-refractivity contribution >= 4 is 15.7 Å². The van der Waals surface area contributed by atoms with E-state index in [9.17, 15) is 13.2 Å². The average Bonchev–Trinajstić information content (AvgIpc) is 1.93. The van der Waals surface area contributed by atoms with E-state index in [0.717, 1.165) is 0 Å². The van der Waals surface area contributed by atoms with E-state index in [1.54, 1.807) is 0 Å². The van der Waals surface area contributed by atoms with E-state index in [0.29, 0.717) is 13.0 Å². The van der Waals surface area contributed by atoms with Gasteiger partial charge in [0.2, 0.25) is 5.91 Å². The summed E-state index contributed by atoms with van der Waals surface area (Å²) in [4.78, 5) is 10.7. The Bertz CT molecular complexity index is 309. The molecule has 0 saturated carbocycles. The number of carbonyl (C=O) groups is 1. The lowest BCUT2D eigenvalue weighted by molar-refractivity contribution is -0.119. The van der Waals surface area contributed by atoms with Crippen molar-refractivity contribution in [2.24, 2.45) is 5.73 Å². The average molecular weight is 236 g/mol. The van der Waals surface area contributed by atoms with Crippen molar-refractivity contribution < 1.29 is 13.2 Å². The van der Waals surface area contributed by atoms with Crippen LogP contribution < -0.4 is 11.1 Å². The molecule has 6 heteroatoms. The molecule has 0 atom stereocenters. The van der Waals surface area contributed by atoms with Gasteiger partial charge in [-0.25, -0.2) is 8.42 Å². The maximum Gasteiger partial charge on any atom is 0.219 e. The largest absolute Gasteiger partial charge is 0.370 e. The molecule has 5 nitrogen and oxygen atoms in total. The van der Waals surface area contributed by atoms with Crippen LogP contribution in [0.3, 0.4) is 0 Å². The number of primary amides is 1. The van der Waals surface area contributed by atoms with Gasteiger partial charge in [-0.2, -0.15) is 0 Å². The first-order chi connectivity index (χ1) is 6.62. The molecule has 0 saturated heterocycles. The van der Waals surface area contributed by atoms with Crippen LogP contribution in [0.2, 0.25) is 0 Å². The molecule has 0 aromatic carbocycles. The zero-order valence-electron chi connectivity index (χ0n) is 9.54. The Kier molecular flexibility index (Phi) is 5.23. The molecule has 0 fully saturated rings. The van der Waals surface area contributed by atoms with Crippen molar-refractivity contribution in [2.45, 2.75) is 32.2 Å². The highest BCUT2D eigenvalue weighted by Gasteiger charge is 2.19. The minimum atomic E-state index is -2.90. The van der Waals surface area contributed by atoms with Crippen LogP contribution in [0.1, 0.15) is 26.7 Å². The first-order valence-corrected chi connectivity index (χ1v) is 6.89. The number of hydrogen-bond donors (Lipinski definition) is 2. The lowest BCUT2D eigenvalue weighted by Gasteiger charge is -2.24. The Morgan fingerprint density at radius 1 is 1.40 bits per heavy atom. The third-order valence-corrected chi connectivity index (χ3v) is 2.94. The topological polar surface area (TPSA) is 89.3 Å². The Balaban J connectivity index is 3.80. The van der Waals surface area contributed by atoms with Gasteiger partial charge in [0.15, 0.2) is 0 Å². The van der Waals surface area contributed by atoms with Gasteiger partial charge in [0.25, 0.3) is 0 Å². The summed E-state index contributed by atoms with van der Waals surface area (Å²) in [7, 11) is -2.90. The quantitative estimate of drug-likeness (QED) is 0.592. The monoisotopic (exact) mass is 236 g/mol. The normalized spacial score (nSPS) is 12.7. The van der Waals surface area contributed by atoms with Crippen molar-refractivity contribution in [3.05, 3.63) is 0 Å². The number of sulfone groups is 1. The summed E-state index contributed by atoms with van der Waals surface area (Å²) >= 11 is 0. The molecule has 0 unspecified atom stereocenters. The van der Waals surface area contributed by atoms with Crippen LogP contribution in [0.5, 0.6) is 0 Å². The molecule has 0 aliphatic carbocycles. The zero-order chi connectivity index (χ0) is 12.1. The highest BCUT2D eigenvalue weighted by molar-refractivity contribution is 7.90. The van der Waals surface area contributed by atoms with Crippen LogP contribution in [0.25, 0.3) is 0 Å². The summed E-state index contributed by atoms with van der Waals surface area (Å²) < 4.78 is 21.7. The second-order valence-corrected chi connectivity index (χ2v) is 6.70. The van der Waals surface area contributed by atoms with E-state index in [2.05, 4.69) is 5.32 Å². The molecule has 0 heterocycles. The predicted molar refractivity (Wildman–Crippen MR) is 60.2 cm³/mol. The van der Waals surface area contributed by atoms with E-state index >= 15 is 0 Å². The molecule has 0 aromatic heterocycles. The van der Waals surface area contributed by atoms with Crippen molar-refractivity contribution in [1.29, 1.82) is 0 Å². The van der Waals surface area contributed by atoms with Gasteiger partial charge in [-0.3, -0.25) is 4.79 Å². The standard InChI is InChI=1S/C9H20N2O3S/c1-9(2,7-8(10)12)11-5-4-6-15(3,13)14/h11H,4-7H2,1-3H3,(H2,10,12). The number of rotatable bonds is 7. The molecule has 0 spiro atoms. The minimum absolute atomic E-state index is 0.159. The molecule has 0 bridgehead atoms. The van der Waals surface area contributed by atoms with Crippen molar-refractivity contribution in [3.8, 4) is 0 Å². The summed E-state index contributed by atoms with van der Waals surface area (Å²) in [6.07, 6.45) is 1.99. The second-order valence-electron chi connectivity index (χ2n) is 4.44. The molecule has 15 heavy (non-hydrogen) atoms. The Morgan fingerprint density at radius 2 is 1.93 bits per heavy atom. The number of hydrogen-bond acceptors (Lipinski definition) is 4. The summed E-state index contributed by atoms with van der Waals surface area (Å²) in [5.41, 5.74) is 4.71. The van der Waals surface area contributed by atoms with E-state index < -0.39 is 9.84 Å².